The monoisotopic (exact) mass is 329 g/mol. The summed E-state index contributed by atoms with van der Waals surface area (Å²) in [6, 6.07) is 0. The average Bonchev–Trinajstić information content (AvgIpc) is 2.50. The molecule has 4 fully saturated rings. The Hall–Kier alpha value is -2.18. The summed E-state index contributed by atoms with van der Waals surface area (Å²) in [6.45, 7) is 4.05. The molecule has 4 aliphatic carbocycles. The number of aromatic nitrogens is 2. The minimum Gasteiger partial charge on any atom is -0.361 e. The Kier molecular flexibility index (Phi) is 3.66. The summed E-state index contributed by atoms with van der Waals surface area (Å²) in [7, 11) is 0. The quantitative estimate of drug-likeness (QED) is 0.472. The highest BCUT2D eigenvalue weighted by atomic mass is 16.6. The van der Waals surface area contributed by atoms with Crippen LogP contribution in [0, 0.1) is 27.9 Å². The van der Waals surface area contributed by atoms with Crippen LogP contribution in [0.25, 0.3) is 0 Å². The van der Waals surface area contributed by atoms with Crippen LogP contribution in [0.5, 0.6) is 0 Å². The van der Waals surface area contributed by atoms with E-state index in [0.717, 1.165) is 37.0 Å². The fourth-order valence-corrected chi connectivity index (χ4v) is 5.46. The first-order valence-electron chi connectivity index (χ1n) is 8.71. The van der Waals surface area contributed by atoms with E-state index in [9.17, 15) is 10.1 Å². The van der Waals surface area contributed by atoms with Gasteiger partial charge in [-0.25, -0.2) is 9.97 Å². The summed E-state index contributed by atoms with van der Waals surface area (Å²) in [5.41, 5.74) is -0.0843. The number of nitro groups is 1. The van der Waals surface area contributed by atoms with Gasteiger partial charge in [0.05, 0.1) is 4.92 Å². The van der Waals surface area contributed by atoms with E-state index < -0.39 is 4.92 Å². The molecule has 1 heterocycles. The van der Waals surface area contributed by atoms with Crippen LogP contribution in [0.4, 0.5) is 17.3 Å². The molecule has 24 heavy (non-hydrogen) atoms. The summed E-state index contributed by atoms with van der Waals surface area (Å²) < 4.78 is 0. The van der Waals surface area contributed by atoms with E-state index in [2.05, 4.69) is 27.2 Å². The van der Waals surface area contributed by atoms with Crippen molar-refractivity contribution >= 4 is 17.3 Å². The third kappa shape index (κ3) is 2.61. The van der Waals surface area contributed by atoms with Crippen molar-refractivity contribution in [3.63, 3.8) is 0 Å². The molecule has 2 N–H and O–H groups in total. The molecular weight excluding hydrogens is 306 g/mol. The molecule has 0 atom stereocenters. The smallest absolute Gasteiger partial charge is 0.353 e. The summed E-state index contributed by atoms with van der Waals surface area (Å²) in [5.74, 6) is 2.90. The summed E-state index contributed by atoms with van der Waals surface area (Å²) in [4.78, 5) is 19.5. The van der Waals surface area contributed by atoms with Crippen molar-refractivity contribution in [3.05, 3.63) is 29.1 Å². The molecule has 0 saturated heterocycles. The maximum atomic E-state index is 11.6. The van der Waals surface area contributed by atoms with Gasteiger partial charge in [-0.1, -0.05) is 6.08 Å². The number of rotatable bonds is 6. The van der Waals surface area contributed by atoms with Crippen molar-refractivity contribution in [3.8, 4) is 0 Å². The van der Waals surface area contributed by atoms with Crippen molar-refractivity contribution in [2.45, 2.75) is 44.1 Å². The Balaban J connectivity index is 1.64. The van der Waals surface area contributed by atoms with Gasteiger partial charge in [0.2, 0.25) is 11.6 Å². The van der Waals surface area contributed by atoms with Gasteiger partial charge in [0.15, 0.2) is 0 Å². The maximum Gasteiger partial charge on any atom is 0.353 e. The first-order chi connectivity index (χ1) is 11.6. The molecule has 5 rings (SSSR count). The largest absolute Gasteiger partial charge is 0.361 e. The second-order valence-corrected chi connectivity index (χ2v) is 7.67. The average molecular weight is 329 g/mol. The highest BCUT2D eigenvalue weighted by Gasteiger charge is 2.51. The zero-order chi connectivity index (χ0) is 16.7. The normalized spacial score (nSPS) is 33.2. The van der Waals surface area contributed by atoms with E-state index in [1.165, 1.54) is 25.6 Å². The fourth-order valence-electron chi connectivity index (χ4n) is 5.46. The van der Waals surface area contributed by atoms with Gasteiger partial charge in [0, 0.05) is 12.1 Å². The SMILES string of the molecule is C=CCNc1ncnc(NC23CC4CC(CC(C4)C2)C3)c1[N+](=O)[O-]. The predicted octanol–water partition coefficient (Wildman–Crippen LogP) is 3.36. The molecule has 0 radical (unpaired) electrons. The molecule has 4 saturated carbocycles. The highest BCUT2D eigenvalue weighted by Crippen LogP contribution is 2.56. The molecule has 0 aromatic carbocycles. The predicted molar refractivity (Wildman–Crippen MR) is 91.9 cm³/mol. The Morgan fingerprint density at radius 3 is 2.33 bits per heavy atom. The van der Waals surface area contributed by atoms with E-state index >= 15 is 0 Å². The Morgan fingerprint density at radius 1 is 1.21 bits per heavy atom. The molecule has 7 nitrogen and oxygen atoms in total. The third-order valence-corrected chi connectivity index (χ3v) is 5.84. The van der Waals surface area contributed by atoms with E-state index in [0.29, 0.717) is 12.4 Å². The van der Waals surface area contributed by atoms with E-state index in [1.807, 2.05) is 0 Å². The molecule has 1 aromatic heterocycles. The molecule has 0 amide bonds. The molecule has 7 heteroatoms. The lowest BCUT2D eigenvalue weighted by Crippen LogP contribution is -2.55. The minimum atomic E-state index is -0.395. The lowest BCUT2D eigenvalue weighted by atomic mass is 9.53. The Labute approximate surface area is 141 Å². The fraction of sp³-hybridized carbons (Fsp3) is 0.647. The zero-order valence-corrected chi connectivity index (χ0v) is 13.7. The topological polar surface area (TPSA) is 93.0 Å². The number of hydrogen-bond acceptors (Lipinski definition) is 6. The van der Waals surface area contributed by atoms with Gasteiger partial charge >= 0.3 is 5.69 Å². The highest BCUT2D eigenvalue weighted by molar-refractivity contribution is 5.70. The first kappa shape index (κ1) is 15.4. The van der Waals surface area contributed by atoms with Crippen LogP contribution in [0.2, 0.25) is 0 Å². The van der Waals surface area contributed by atoms with Crippen molar-refractivity contribution in [1.29, 1.82) is 0 Å². The van der Waals surface area contributed by atoms with Gasteiger partial charge in [-0.2, -0.15) is 0 Å². The zero-order valence-electron chi connectivity index (χ0n) is 13.7. The van der Waals surface area contributed by atoms with E-state index in [1.54, 1.807) is 6.08 Å². The van der Waals surface area contributed by atoms with Gasteiger partial charge in [0.25, 0.3) is 0 Å². The molecule has 0 unspecified atom stereocenters. The van der Waals surface area contributed by atoms with Gasteiger partial charge in [-0.15, -0.1) is 6.58 Å². The van der Waals surface area contributed by atoms with Gasteiger partial charge in [-0.05, 0) is 56.3 Å². The van der Waals surface area contributed by atoms with Crippen LogP contribution in [0.1, 0.15) is 38.5 Å². The van der Waals surface area contributed by atoms with Gasteiger partial charge in [0.1, 0.15) is 6.33 Å². The van der Waals surface area contributed by atoms with Crippen LogP contribution in [-0.4, -0.2) is 27.0 Å². The molecule has 128 valence electrons. The lowest BCUT2D eigenvalue weighted by Gasteiger charge is -2.57. The second kappa shape index (κ2) is 5.72. The molecule has 4 bridgehead atoms. The van der Waals surface area contributed by atoms with Crippen LogP contribution in [0.15, 0.2) is 19.0 Å². The molecule has 0 aliphatic heterocycles. The standard InChI is InChI=1S/C17H23N5O2/c1-2-3-18-15-14(22(23)24)16(20-10-19-15)21-17-7-11-4-12(8-17)6-13(5-11)9-17/h2,10-13H,1,3-9H2,(H2,18,19,20,21). The molecule has 4 aliphatic rings. The minimum absolute atomic E-state index is 0.0242. The van der Waals surface area contributed by atoms with Crippen molar-refractivity contribution in [2.75, 3.05) is 17.2 Å². The molecule has 1 aromatic rings. The van der Waals surface area contributed by atoms with Gasteiger partial charge in [-0.3, -0.25) is 10.1 Å². The summed E-state index contributed by atoms with van der Waals surface area (Å²) in [6.07, 6.45) is 10.4. The Bertz CT molecular complexity index is 640. The lowest BCUT2D eigenvalue weighted by molar-refractivity contribution is -0.383. The third-order valence-electron chi connectivity index (χ3n) is 5.84. The van der Waals surface area contributed by atoms with Crippen LogP contribution in [-0.2, 0) is 0 Å². The second-order valence-electron chi connectivity index (χ2n) is 7.67. The maximum absolute atomic E-state index is 11.6. The van der Waals surface area contributed by atoms with E-state index in [-0.39, 0.29) is 17.0 Å². The Morgan fingerprint density at radius 2 is 1.79 bits per heavy atom. The summed E-state index contributed by atoms with van der Waals surface area (Å²) >= 11 is 0. The number of anilines is 2. The molecule has 0 spiro atoms. The van der Waals surface area contributed by atoms with E-state index in [4.69, 9.17) is 0 Å². The van der Waals surface area contributed by atoms with Crippen molar-refractivity contribution in [2.24, 2.45) is 17.8 Å². The van der Waals surface area contributed by atoms with Crippen molar-refractivity contribution < 1.29 is 4.92 Å². The van der Waals surface area contributed by atoms with Gasteiger partial charge < -0.3 is 10.6 Å². The van der Waals surface area contributed by atoms with Crippen molar-refractivity contribution in [1.82, 2.24) is 9.97 Å². The van der Waals surface area contributed by atoms with Crippen LogP contribution < -0.4 is 10.6 Å². The van der Waals surface area contributed by atoms with Crippen LogP contribution >= 0.6 is 0 Å². The number of nitrogens with zero attached hydrogens (tertiary/aromatic N) is 3. The van der Waals surface area contributed by atoms with Crippen LogP contribution in [0.3, 0.4) is 0 Å². The number of hydrogen-bond donors (Lipinski definition) is 2. The molecular formula is C17H23N5O2. The summed E-state index contributed by atoms with van der Waals surface area (Å²) in [5, 5.41) is 18.0. The first-order valence-corrected chi connectivity index (χ1v) is 8.71. The number of nitrogens with one attached hydrogen (secondary N) is 2.